The highest BCUT2D eigenvalue weighted by Crippen LogP contribution is 2.18. The van der Waals surface area contributed by atoms with E-state index in [1.54, 1.807) is 6.07 Å². The van der Waals surface area contributed by atoms with Gasteiger partial charge in [-0.15, -0.1) is 0 Å². The molecule has 25 heavy (non-hydrogen) atoms. The molecule has 0 aliphatic rings. The number of carbonyl (C=O) groups is 2. The van der Waals surface area contributed by atoms with E-state index in [0.29, 0.717) is 23.7 Å². The van der Waals surface area contributed by atoms with Crippen LogP contribution in [0.2, 0.25) is 0 Å². The molecule has 2 aromatic rings. The molecule has 8 heteroatoms. The van der Waals surface area contributed by atoms with Gasteiger partial charge in [0, 0.05) is 23.5 Å². The molecule has 0 aliphatic carbocycles. The molecule has 0 spiro atoms. The number of anilines is 1. The zero-order valence-electron chi connectivity index (χ0n) is 14.7. The van der Waals surface area contributed by atoms with E-state index in [-0.39, 0.29) is 11.1 Å². The maximum atomic E-state index is 12.4. The lowest BCUT2D eigenvalue weighted by molar-refractivity contribution is -0.146. The second-order valence-electron chi connectivity index (χ2n) is 6.85. The van der Waals surface area contributed by atoms with Crippen LogP contribution in [-0.4, -0.2) is 31.7 Å². The number of amides is 1. The minimum atomic E-state index is -1.24. The van der Waals surface area contributed by atoms with Gasteiger partial charge < -0.3 is 15.4 Å². The molecule has 0 bridgehead atoms. The number of hydrogen-bond donors (Lipinski definition) is 3. The number of rotatable bonds is 6. The molecule has 1 amide bonds. The maximum absolute atomic E-state index is 12.4. The fraction of sp³-hybridized carbons (Fsp3) is 0.412. The Morgan fingerprint density at radius 3 is 2.64 bits per heavy atom. The second-order valence-corrected chi connectivity index (χ2v) is 6.85. The zero-order chi connectivity index (χ0) is 18.8. The number of aromatic amines is 1. The molecule has 0 unspecified atom stereocenters. The molecule has 2 aromatic heterocycles. The van der Waals surface area contributed by atoms with Crippen LogP contribution in [0.5, 0.6) is 0 Å². The van der Waals surface area contributed by atoms with Crippen molar-refractivity contribution in [2.24, 2.45) is 5.92 Å². The van der Waals surface area contributed by atoms with Crippen LogP contribution in [0, 0.1) is 5.92 Å². The average molecular weight is 346 g/mol. The van der Waals surface area contributed by atoms with E-state index in [9.17, 15) is 19.5 Å². The second kappa shape index (κ2) is 6.92. The van der Waals surface area contributed by atoms with Crippen LogP contribution >= 0.6 is 0 Å². The summed E-state index contributed by atoms with van der Waals surface area (Å²) < 4.78 is 1.26. The Morgan fingerprint density at radius 1 is 1.36 bits per heavy atom. The summed E-state index contributed by atoms with van der Waals surface area (Å²) in [6.45, 7) is 7.04. The third-order valence-electron chi connectivity index (χ3n) is 3.73. The molecule has 3 N–H and O–H groups in total. The molecule has 0 radical (unpaired) electrons. The molecule has 0 atom stereocenters. The van der Waals surface area contributed by atoms with E-state index in [2.05, 4.69) is 15.4 Å². The van der Waals surface area contributed by atoms with Crippen molar-refractivity contribution in [3.05, 3.63) is 46.1 Å². The molecule has 2 rings (SSSR count). The molecule has 0 aromatic carbocycles. The first-order valence-electron chi connectivity index (χ1n) is 7.92. The number of carboxylic acids is 1. The van der Waals surface area contributed by atoms with Gasteiger partial charge in [0.05, 0.1) is 11.9 Å². The SMILES string of the molecule is CC(C)Cc1cc(C(=O)Nc2cnn(C(C)(C)C(=O)O)c2)cc(=O)[nH]1. The van der Waals surface area contributed by atoms with Gasteiger partial charge in [0.25, 0.3) is 5.91 Å². The summed E-state index contributed by atoms with van der Waals surface area (Å²) in [5.41, 5.74) is -0.298. The topological polar surface area (TPSA) is 117 Å². The fourth-order valence-electron chi connectivity index (χ4n) is 2.28. The van der Waals surface area contributed by atoms with Crippen molar-refractivity contribution >= 4 is 17.6 Å². The van der Waals surface area contributed by atoms with E-state index in [0.717, 1.165) is 0 Å². The summed E-state index contributed by atoms with van der Waals surface area (Å²) in [4.78, 5) is 38.1. The van der Waals surface area contributed by atoms with Crippen molar-refractivity contribution in [1.82, 2.24) is 14.8 Å². The van der Waals surface area contributed by atoms with Crippen LogP contribution in [0.4, 0.5) is 5.69 Å². The lowest BCUT2D eigenvalue weighted by Crippen LogP contribution is -2.35. The quantitative estimate of drug-likeness (QED) is 0.738. The number of H-pyrrole nitrogens is 1. The van der Waals surface area contributed by atoms with Gasteiger partial charge in [-0.1, -0.05) is 13.8 Å². The van der Waals surface area contributed by atoms with Gasteiger partial charge in [-0.2, -0.15) is 5.10 Å². The first kappa shape index (κ1) is 18.4. The number of aromatic nitrogens is 3. The van der Waals surface area contributed by atoms with Crippen molar-refractivity contribution in [3.63, 3.8) is 0 Å². The highest BCUT2D eigenvalue weighted by molar-refractivity contribution is 6.04. The van der Waals surface area contributed by atoms with E-state index in [4.69, 9.17) is 0 Å². The smallest absolute Gasteiger partial charge is 0.331 e. The molecule has 0 saturated heterocycles. The summed E-state index contributed by atoms with van der Waals surface area (Å²) in [6, 6.07) is 2.87. The molecule has 0 aliphatic heterocycles. The van der Waals surface area contributed by atoms with E-state index in [1.165, 1.54) is 37.0 Å². The van der Waals surface area contributed by atoms with E-state index < -0.39 is 17.4 Å². The molecule has 2 heterocycles. The third-order valence-corrected chi connectivity index (χ3v) is 3.73. The minimum absolute atomic E-state index is 0.240. The minimum Gasteiger partial charge on any atom is -0.479 e. The van der Waals surface area contributed by atoms with Crippen molar-refractivity contribution in [2.75, 3.05) is 5.32 Å². The highest BCUT2D eigenvalue weighted by atomic mass is 16.4. The Morgan fingerprint density at radius 2 is 2.04 bits per heavy atom. The Hall–Kier alpha value is -2.90. The number of nitrogens with zero attached hydrogens (tertiary/aromatic N) is 2. The van der Waals surface area contributed by atoms with Crippen molar-refractivity contribution < 1.29 is 14.7 Å². The van der Waals surface area contributed by atoms with Gasteiger partial charge >= 0.3 is 5.97 Å². The normalized spacial score (nSPS) is 11.6. The number of hydrogen-bond acceptors (Lipinski definition) is 4. The Labute approximate surface area is 144 Å². The van der Waals surface area contributed by atoms with Gasteiger partial charge in [-0.3, -0.25) is 14.3 Å². The molecule has 0 saturated carbocycles. The highest BCUT2D eigenvalue weighted by Gasteiger charge is 2.30. The molecular formula is C17H22N4O4. The maximum Gasteiger partial charge on any atom is 0.331 e. The first-order valence-corrected chi connectivity index (χ1v) is 7.92. The van der Waals surface area contributed by atoms with Gasteiger partial charge in [0.15, 0.2) is 5.54 Å². The lowest BCUT2D eigenvalue weighted by atomic mass is 10.1. The molecular weight excluding hydrogens is 324 g/mol. The predicted molar refractivity (Wildman–Crippen MR) is 92.7 cm³/mol. The van der Waals surface area contributed by atoms with Gasteiger partial charge in [0.2, 0.25) is 5.56 Å². The Kier molecular flexibility index (Phi) is 5.10. The zero-order valence-corrected chi connectivity index (χ0v) is 14.7. The predicted octanol–water partition coefficient (Wildman–Crippen LogP) is 1.84. The third kappa shape index (κ3) is 4.34. The van der Waals surface area contributed by atoms with Gasteiger partial charge in [-0.25, -0.2) is 4.79 Å². The summed E-state index contributed by atoms with van der Waals surface area (Å²) in [7, 11) is 0. The van der Waals surface area contributed by atoms with Crippen molar-refractivity contribution in [3.8, 4) is 0 Å². The van der Waals surface area contributed by atoms with Crippen LogP contribution in [0.15, 0.2) is 29.3 Å². The summed E-state index contributed by atoms with van der Waals surface area (Å²) in [5.74, 6) is -1.16. The number of nitrogens with one attached hydrogen (secondary N) is 2. The van der Waals surface area contributed by atoms with Gasteiger partial charge in [0.1, 0.15) is 0 Å². The number of aliphatic carboxylic acids is 1. The largest absolute Gasteiger partial charge is 0.479 e. The summed E-state index contributed by atoms with van der Waals surface area (Å²) >= 11 is 0. The monoisotopic (exact) mass is 346 g/mol. The van der Waals surface area contributed by atoms with Crippen LogP contribution < -0.4 is 10.9 Å². The lowest BCUT2D eigenvalue weighted by Gasteiger charge is -2.19. The first-order chi connectivity index (χ1) is 11.6. The summed E-state index contributed by atoms with van der Waals surface area (Å²) in [5, 5.41) is 15.8. The van der Waals surface area contributed by atoms with E-state index >= 15 is 0 Å². The fourth-order valence-corrected chi connectivity index (χ4v) is 2.28. The average Bonchev–Trinajstić information content (AvgIpc) is 2.94. The van der Waals surface area contributed by atoms with Crippen LogP contribution in [-0.2, 0) is 16.8 Å². The summed E-state index contributed by atoms with van der Waals surface area (Å²) in [6.07, 6.45) is 3.46. The molecule has 0 fully saturated rings. The molecule has 8 nitrogen and oxygen atoms in total. The molecule has 134 valence electrons. The standard InChI is InChI=1S/C17H22N4O4/c1-10(2)5-12-6-11(7-14(22)19-12)15(23)20-13-8-18-21(9-13)17(3,4)16(24)25/h6-10H,5H2,1-4H3,(H,19,22)(H,20,23)(H,24,25). The number of carboxylic acid groups (broad SMARTS) is 1. The number of carbonyl (C=O) groups excluding carboxylic acids is 1. The van der Waals surface area contributed by atoms with E-state index in [1.807, 2.05) is 13.8 Å². The van der Waals surface area contributed by atoms with Crippen LogP contribution in [0.3, 0.4) is 0 Å². The Balaban J connectivity index is 2.21. The van der Waals surface area contributed by atoms with Crippen molar-refractivity contribution in [1.29, 1.82) is 0 Å². The van der Waals surface area contributed by atoms with Crippen LogP contribution in [0.1, 0.15) is 43.7 Å². The van der Waals surface area contributed by atoms with Crippen LogP contribution in [0.25, 0.3) is 0 Å². The van der Waals surface area contributed by atoms with Crippen molar-refractivity contribution in [2.45, 2.75) is 39.7 Å². The van der Waals surface area contributed by atoms with Gasteiger partial charge in [-0.05, 0) is 32.3 Å². The Bertz CT molecular complexity index is 848. The number of pyridine rings is 1.